The van der Waals surface area contributed by atoms with Gasteiger partial charge in [-0.15, -0.1) is 11.3 Å². The van der Waals surface area contributed by atoms with Crippen LogP contribution in [0, 0.1) is 0 Å². The summed E-state index contributed by atoms with van der Waals surface area (Å²) in [5.41, 5.74) is 1.26. The SMILES string of the molecule is O=C(NCCc1ccsc1)c1ccc(Cl)s1. The van der Waals surface area contributed by atoms with Crippen LogP contribution in [-0.2, 0) is 6.42 Å². The maximum absolute atomic E-state index is 11.6. The summed E-state index contributed by atoms with van der Waals surface area (Å²) in [5.74, 6) is -0.0490. The molecule has 0 spiro atoms. The molecule has 2 nitrogen and oxygen atoms in total. The van der Waals surface area contributed by atoms with Gasteiger partial charge in [0.15, 0.2) is 0 Å². The molecule has 2 heterocycles. The topological polar surface area (TPSA) is 29.1 Å². The van der Waals surface area contributed by atoms with Gasteiger partial charge in [-0.25, -0.2) is 0 Å². The first-order valence-electron chi connectivity index (χ1n) is 4.80. The molecule has 16 heavy (non-hydrogen) atoms. The second-order valence-corrected chi connectivity index (χ2v) is 5.74. The predicted octanol–water partition coefficient (Wildman–Crippen LogP) is 3.44. The van der Waals surface area contributed by atoms with E-state index in [0.29, 0.717) is 15.8 Å². The van der Waals surface area contributed by atoms with Crippen LogP contribution in [0.3, 0.4) is 0 Å². The van der Waals surface area contributed by atoms with Gasteiger partial charge in [0.1, 0.15) is 0 Å². The van der Waals surface area contributed by atoms with Crippen molar-refractivity contribution < 1.29 is 4.79 Å². The van der Waals surface area contributed by atoms with Gasteiger partial charge >= 0.3 is 0 Å². The number of amides is 1. The van der Waals surface area contributed by atoms with Gasteiger partial charge in [-0.05, 0) is 40.9 Å². The zero-order chi connectivity index (χ0) is 11.4. The molecule has 2 rings (SSSR count). The van der Waals surface area contributed by atoms with Gasteiger partial charge in [0.05, 0.1) is 9.21 Å². The molecule has 0 aliphatic heterocycles. The third-order valence-corrected chi connectivity index (χ3v) is 4.04. The zero-order valence-electron chi connectivity index (χ0n) is 8.40. The summed E-state index contributed by atoms with van der Waals surface area (Å²) in [6.07, 6.45) is 0.869. The molecule has 1 N–H and O–H groups in total. The largest absolute Gasteiger partial charge is 0.351 e. The Kier molecular flexibility index (Phi) is 3.98. The van der Waals surface area contributed by atoms with E-state index in [1.807, 2.05) is 5.38 Å². The molecule has 0 aliphatic rings. The fourth-order valence-electron chi connectivity index (χ4n) is 1.28. The molecule has 2 aromatic rings. The van der Waals surface area contributed by atoms with Gasteiger partial charge in [-0.2, -0.15) is 11.3 Å². The molecule has 84 valence electrons. The van der Waals surface area contributed by atoms with E-state index in [0.717, 1.165) is 6.42 Å². The van der Waals surface area contributed by atoms with E-state index >= 15 is 0 Å². The van der Waals surface area contributed by atoms with Crippen molar-refractivity contribution in [2.45, 2.75) is 6.42 Å². The van der Waals surface area contributed by atoms with E-state index in [9.17, 15) is 4.79 Å². The van der Waals surface area contributed by atoms with E-state index in [-0.39, 0.29) is 5.91 Å². The normalized spacial score (nSPS) is 10.3. The molecule has 0 aromatic carbocycles. The highest BCUT2D eigenvalue weighted by molar-refractivity contribution is 7.18. The fraction of sp³-hybridized carbons (Fsp3) is 0.182. The maximum atomic E-state index is 11.6. The molecule has 0 radical (unpaired) electrons. The summed E-state index contributed by atoms with van der Waals surface area (Å²) in [6, 6.07) is 5.55. The number of rotatable bonds is 4. The molecular formula is C11H10ClNOS2. The van der Waals surface area contributed by atoms with Crippen LogP contribution in [0.4, 0.5) is 0 Å². The Hall–Kier alpha value is -0.840. The molecule has 0 aliphatic carbocycles. The highest BCUT2D eigenvalue weighted by Gasteiger charge is 2.07. The summed E-state index contributed by atoms with van der Waals surface area (Å²) in [5, 5.41) is 7.00. The molecule has 2 aromatic heterocycles. The summed E-state index contributed by atoms with van der Waals surface area (Å²) in [6.45, 7) is 0.658. The maximum Gasteiger partial charge on any atom is 0.261 e. The van der Waals surface area contributed by atoms with Crippen molar-refractivity contribution in [2.75, 3.05) is 6.54 Å². The lowest BCUT2D eigenvalue weighted by Crippen LogP contribution is -2.24. The molecule has 0 saturated heterocycles. The van der Waals surface area contributed by atoms with Gasteiger partial charge in [0.2, 0.25) is 0 Å². The lowest BCUT2D eigenvalue weighted by molar-refractivity contribution is 0.0958. The molecule has 1 amide bonds. The Balaban J connectivity index is 1.80. The van der Waals surface area contributed by atoms with Crippen LogP contribution >= 0.6 is 34.3 Å². The number of halogens is 1. The lowest BCUT2D eigenvalue weighted by Gasteiger charge is -2.01. The van der Waals surface area contributed by atoms with E-state index in [2.05, 4.69) is 16.8 Å². The highest BCUT2D eigenvalue weighted by Crippen LogP contribution is 2.21. The van der Waals surface area contributed by atoms with Crippen molar-refractivity contribution in [3.05, 3.63) is 43.7 Å². The highest BCUT2D eigenvalue weighted by atomic mass is 35.5. The second kappa shape index (κ2) is 5.48. The summed E-state index contributed by atoms with van der Waals surface area (Å²) in [7, 11) is 0. The van der Waals surface area contributed by atoms with Gasteiger partial charge < -0.3 is 5.32 Å². The molecule has 5 heteroatoms. The van der Waals surface area contributed by atoms with E-state index < -0.39 is 0 Å². The van der Waals surface area contributed by atoms with Gasteiger partial charge in [0.25, 0.3) is 5.91 Å². The molecular weight excluding hydrogens is 262 g/mol. The van der Waals surface area contributed by atoms with E-state index in [1.165, 1.54) is 16.9 Å². The van der Waals surface area contributed by atoms with E-state index in [4.69, 9.17) is 11.6 Å². The first kappa shape index (κ1) is 11.6. The Morgan fingerprint density at radius 3 is 2.88 bits per heavy atom. The Morgan fingerprint density at radius 1 is 1.38 bits per heavy atom. The number of carbonyl (C=O) groups excluding carboxylic acids is 1. The monoisotopic (exact) mass is 271 g/mol. The third kappa shape index (κ3) is 3.07. The van der Waals surface area contributed by atoms with Crippen LogP contribution in [0.1, 0.15) is 15.2 Å². The average molecular weight is 272 g/mol. The van der Waals surface area contributed by atoms with Gasteiger partial charge in [0, 0.05) is 6.54 Å². The van der Waals surface area contributed by atoms with Crippen LogP contribution in [0.15, 0.2) is 29.0 Å². The Labute approximate surface area is 107 Å². The number of thiophene rings is 2. The van der Waals surface area contributed by atoms with E-state index in [1.54, 1.807) is 23.5 Å². The minimum atomic E-state index is -0.0490. The van der Waals surface area contributed by atoms with Crippen LogP contribution in [0.5, 0.6) is 0 Å². The minimum Gasteiger partial charge on any atom is -0.351 e. The summed E-state index contributed by atoms with van der Waals surface area (Å²) >= 11 is 8.73. The number of hydrogen-bond donors (Lipinski definition) is 1. The lowest BCUT2D eigenvalue weighted by atomic mass is 10.2. The van der Waals surface area contributed by atoms with Crippen molar-refractivity contribution in [3.63, 3.8) is 0 Å². The first-order valence-corrected chi connectivity index (χ1v) is 6.94. The predicted molar refractivity (Wildman–Crippen MR) is 69.7 cm³/mol. The minimum absolute atomic E-state index is 0.0490. The smallest absolute Gasteiger partial charge is 0.261 e. The first-order chi connectivity index (χ1) is 7.75. The standard InChI is InChI=1S/C11H10ClNOS2/c12-10-2-1-9(16-10)11(14)13-5-3-8-4-6-15-7-8/h1-2,4,6-7H,3,5H2,(H,13,14). The zero-order valence-corrected chi connectivity index (χ0v) is 10.8. The molecule has 0 unspecified atom stereocenters. The van der Waals surface area contributed by atoms with Crippen molar-refractivity contribution in [2.24, 2.45) is 0 Å². The summed E-state index contributed by atoms with van der Waals surface area (Å²) in [4.78, 5) is 12.3. The third-order valence-electron chi connectivity index (χ3n) is 2.08. The molecule has 0 fully saturated rings. The number of carbonyl (C=O) groups is 1. The Bertz CT molecular complexity index is 464. The van der Waals surface area contributed by atoms with Crippen LogP contribution in [0.2, 0.25) is 4.34 Å². The Morgan fingerprint density at radius 2 is 2.25 bits per heavy atom. The number of hydrogen-bond acceptors (Lipinski definition) is 3. The molecule has 0 saturated carbocycles. The summed E-state index contributed by atoms with van der Waals surface area (Å²) < 4.78 is 0.642. The second-order valence-electron chi connectivity index (χ2n) is 3.24. The van der Waals surface area contributed by atoms with Crippen molar-refractivity contribution in [1.29, 1.82) is 0 Å². The average Bonchev–Trinajstić information content (AvgIpc) is 2.89. The van der Waals surface area contributed by atoms with Gasteiger partial charge in [-0.1, -0.05) is 11.6 Å². The van der Waals surface area contributed by atoms with Crippen LogP contribution in [0.25, 0.3) is 0 Å². The van der Waals surface area contributed by atoms with Crippen LogP contribution in [-0.4, -0.2) is 12.5 Å². The molecule has 0 bridgehead atoms. The van der Waals surface area contributed by atoms with Gasteiger partial charge in [-0.3, -0.25) is 4.79 Å². The number of nitrogens with one attached hydrogen (secondary N) is 1. The quantitative estimate of drug-likeness (QED) is 0.907. The van der Waals surface area contributed by atoms with Crippen molar-refractivity contribution in [3.8, 4) is 0 Å². The fourth-order valence-corrected chi connectivity index (χ4v) is 2.94. The van der Waals surface area contributed by atoms with Crippen LogP contribution < -0.4 is 5.32 Å². The van der Waals surface area contributed by atoms with Crippen molar-refractivity contribution >= 4 is 40.2 Å². The molecule has 0 atom stereocenters. The van der Waals surface area contributed by atoms with Crippen molar-refractivity contribution in [1.82, 2.24) is 5.32 Å².